The molecule has 0 spiro atoms. The van der Waals surface area contributed by atoms with E-state index in [2.05, 4.69) is 10.4 Å². The molecule has 2 heterocycles. The van der Waals surface area contributed by atoms with Gasteiger partial charge in [-0.05, 0) is 24.6 Å². The van der Waals surface area contributed by atoms with Crippen molar-refractivity contribution in [1.29, 1.82) is 0 Å². The molecule has 1 aliphatic rings. The quantitative estimate of drug-likeness (QED) is 0.915. The summed E-state index contributed by atoms with van der Waals surface area (Å²) in [7, 11) is 1.53. The van der Waals surface area contributed by atoms with Crippen molar-refractivity contribution in [2.75, 3.05) is 12.4 Å². The van der Waals surface area contributed by atoms with Gasteiger partial charge >= 0.3 is 6.18 Å². The number of anilines is 1. The first-order chi connectivity index (χ1) is 10.4. The summed E-state index contributed by atoms with van der Waals surface area (Å²) in [6, 6.07) is 6.65. The Bertz CT molecular complexity index is 681. The van der Waals surface area contributed by atoms with E-state index >= 15 is 0 Å². The molecule has 0 saturated carbocycles. The Morgan fingerprint density at radius 1 is 1.32 bits per heavy atom. The Hall–Kier alpha value is -2.18. The first kappa shape index (κ1) is 14.7. The van der Waals surface area contributed by atoms with Gasteiger partial charge in [-0.1, -0.05) is 12.1 Å². The molecule has 1 N–H and O–H groups in total. The van der Waals surface area contributed by atoms with Crippen LogP contribution in [-0.2, 0) is 0 Å². The molecule has 0 saturated heterocycles. The van der Waals surface area contributed by atoms with Crippen LogP contribution in [0.2, 0.25) is 0 Å². The summed E-state index contributed by atoms with van der Waals surface area (Å²) >= 11 is 0. The van der Waals surface area contributed by atoms with Crippen molar-refractivity contribution in [1.82, 2.24) is 9.78 Å². The van der Waals surface area contributed by atoms with Gasteiger partial charge in [0.1, 0.15) is 11.6 Å². The van der Waals surface area contributed by atoms with Crippen LogP contribution in [0, 0.1) is 6.92 Å². The predicted molar refractivity (Wildman–Crippen MR) is 76.0 cm³/mol. The third kappa shape index (κ3) is 2.63. The third-order valence-corrected chi connectivity index (χ3v) is 3.81. The van der Waals surface area contributed by atoms with Crippen molar-refractivity contribution >= 4 is 5.82 Å². The number of nitrogens with one attached hydrogen (secondary N) is 1. The number of benzene rings is 1. The summed E-state index contributed by atoms with van der Waals surface area (Å²) in [5.41, 5.74) is 1.32. The van der Waals surface area contributed by atoms with E-state index in [0.717, 1.165) is 10.2 Å². The lowest BCUT2D eigenvalue weighted by Crippen LogP contribution is -2.35. The molecule has 4 nitrogen and oxygen atoms in total. The van der Waals surface area contributed by atoms with Crippen LogP contribution >= 0.6 is 0 Å². The highest BCUT2D eigenvalue weighted by atomic mass is 19.4. The average Bonchev–Trinajstić information content (AvgIpc) is 2.85. The molecule has 118 valence electrons. The highest BCUT2D eigenvalue weighted by Gasteiger charge is 2.46. The Morgan fingerprint density at radius 3 is 2.77 bits per heavy atom. The van der Waals surface area contributed by atoms with Crippen LogP contribution in [-0.4, -0.2) is 23.1 Å². The van der Waals surface area contributed by atoms with Crippen LogP contribution in [0.1, 0.15) is 29.8 Å². The maximum atomic E-state index is 13.4. The number of fused-ring (bicyclic) bond motifs is 1. The molecular weight excluding hydrogens is 295 g/mol. The van der Waals surface area contributed by atoms with Crippen molar-refractivity contribution in [3.63, 3.8) is 0 Å². The molecular formula is C15H16F3N3O. The largest absolute Gasteiger partial charge is 0.497 e. The van der Waals surface area contributed by atoms with E-state index in [1.165, 1.54) is 7.11 Å². The highest BCUT2D eigenvalue weighted by molar-refractivity contribution is 5.44. The molecule has 3 rings (SSSR count). The smallest absolute Gasteiger partial charge is 0.410 e. The summed E-state index contributed by atoms with van der Waals surface area (Å²) in [6.45, 7) is 1.68. The topological polar surface area (TPSA) is 39.1 Å². The zero-order valence-corrected chi connectivity index (χ0v) is 12.2. The molecule has 1 aromatic heterocycles. The van der Waals surface area contributed by atoms with E-state index in [1.807, 2.05) is 0 Å². The monoisotopic (exact) mass is 311 g/mol. The molecule has 1 aromatic carbocycles. The van der Waals surface area contributed by atoms with Gasteiger partial charge in [0, 0.05) is 12.5 Å². The summed E-state index contributed by atoms with van der Waals surface area (Å²) < 4.78 is 46.2. The number of hydrogen-bond acceptors (Lipinski definition) is 3. The molecule has 2 aromatic rings. The van der Waals surface area contributed by atoms with E-state index < -0.39 is 18.3 Å². The Labute approximate surface area is 125 Å². The minimum Gasteiger partial charge on any atom is -0.497 e. The summed E-state index contributed by atoms with van der Waals surface area (Å²) in [4.78, 5) is 0. The number of nitrogens with zero attached hydrogens (tertiary/aromatic N) is 2. The molecule has 0 radical (unpaired) electrons. The van der Waals surface area contributed by atoms with Crippen molar-refractivity contribution in [3.05, 3.63) is 41.6 Å². The first-order valence-electron chi connectivity index (χ1n) is 6.92. The lowest BCUT2D eigenvalue weighted by atomic mass is 9.97. The van der Waals surface area contributed by atoms with Crippen LogP contribution in [0.5, 0.6) is 5.75 Å². The number of alkyl halides is 3. The molecule has 7 heteroatoms. The molecule has 0 bridgehead atoms. The fourth-order valence-corrected chi connectivity index (χ4v) is 2.77. The predicted octanol–water partition coefficient (Wildman–Crippen LogP) is 3.86. The van der Waals surface area contributed by atoms with Crippen molar-refractivity contribution < 1.29 is 17.9 Å². The molecule has 2 atom stereocenters. The molecule has 22 heavy (non-hydrogen) atoms. The summed E-state index contributed by atoms with van der Waals surface area (Å²) in [6.07, 6.45) is -4.45. The van der Waals surface area contributed by atoms with E-state index in [0.29, 0.717) is 17.3 Å². The van der Waals surface area contributed by atoms with Gasteiger partial charge in [0.2, 0.25) is 0 Å². The number of hydrogen-bond donors (Lipinski definition) is 1. The van der Waals surface area contributed by atoms with Gasteiger partial charge < -0.3 is 10.1 Å². The second kappa shape index (κ2) is 5.23. The number of ether oxygens (including phenoxy) is 1. The van der Waals surface area contributed by atoms with Crippen LogP contribution in [0.4, 0.5) is 19.0 Å². The van der Waals surface area contributed by atoms with Crippen molar-refractivity contribution in [2.45, 2.75) is 31.6 Å². The number of rotatable bonds is 2. The summed E-state index contributed by atoms with van der Waals surface area (Å²) in [5.74, 6) is 1.01. The van der Waals surface area contributed by atoms with Crippen LogP contribution in [0.3, 0.4) is 0 Å². The van der Waals surface area contributed by atoms with Gasteiger partial charge in [-0.15, -0.1) is 0 Å². The Morgan fingerprint density at radius 2 is 2.09 bits per heavy atom. The second-order valence-electron chi connectivity index (χ2n) is 5.38. The normalized spacial score (nSPS) is 21.1. The SMILES string of the molecule is COc1cccc(C2CC(C(F)(F)F)n3nc(C)cc3N2)c1. The maximum Gasteiger partial charge on any atom is 0.410 e. The number of aromatic nitrogens is 2. The molecule has 0 aliphatic carbocycles. The van der Waals surface area contributed by atoms with Crippen molar-refractivity contribution in [3.8, 4) is 5.75 Å². The third-order valence-electron chi connectivity index (χ3n) is 3.81. The van der Waals surface area contributed by atoms with E-state index in [1.54, 1.807) is 37.3 Å². The second-order valence-corrected chi connectivity index (χ2v) is 5.38. The number of methoxy groups -OCH3 is 1. The van der Waals surface area contributed by atoms with Gasteiger partial charge in [0.25, 0.3) is 0 Å². The van der Waals surface area contributed by atoms with Crippen LogP contribution < -0.4 is 10.1 Å². The van der Waals surface area contributed by atoms with Crippen LogP contribution in [0.15, 0.2) is 30.3 Å². The lowest BCUT2D eigenvalue weighted by Gasteiger charge is -2.33. The van der Waals surface area contributed by atoms with Gasteiger partial charge in [-0.25, -0.2) is 4.68 Å². The zero-order chi connectivity index (χ0) is 15.9. The number of halogens is 3. The highest BCUT2D eigenvalue weighted by Crippen LogP contribution is 2.43. The minimum atomic E-state index is -4.34. The van der Waals surface area contributed by atoms with Gasteiger partial charge in [-0.3, -0.25) is 0 Å². The molecule has 0 fully saturated rings. The molecule has 1 aliphatic heterocycles. The maximum absolute atomic E-state index is 13.4. The summed E-state index contributed by atoms with van der Waals surface area (Å²) in [5, 5.41) is 7.10. The number of aryl methyl sites for hydroxylation is 1. The van der Waals surface area contributed by atoms with Gasteiger partial charge in [0.15, 0.2) is 6.04 Å². The van der Waals surface area contributed by atoms with Crippen LogP contribution in [0.25, 0.3) is 0 Å². The fourth-order valence-electron chi connectivity index (χ4n) is 2.77. The molecule has 2 unspecified atom stereocenters. The van der Waals surface area contributed by atoms with Gasteiger partial charge in [-0.2, -0.15) is 18.3 Å². The van der Waals surface area contributed by atoms with Crippen molar-refractivity contribution in [2.24, 2.45) is 0 Å². The van der Waals surface area contributed by atoms with E-state index in [-0.39, 0.29) is 6.42 Å². The van der Waals surface area contributed by atoms with Gasteiger partial charge in [0.05, 0.1) is 18.8 Å². The zero-order valence-electron chi connectivity index (χ0n) is 12.2. The average molecular weight is 311 g/mol. The Kier molecular flexibility index (Phi) is 3.50. The minimum absolute atomic E-state index is 0.106. The standard InChI is InChI=1S/C15H16F3N3O/c1-9-6-14-19-12(10-4-3-5-11(7-10)22-2)8-13(15(16,17)18)21(14)20-9/h3-7,12-13,19H,8H2,1-2H3. The van der Waals surface area contributed by atoms with E-state index in [4.69, 9.17) is 4.74 Å². The van der Waals surface area contributed by atoms with E-state index in [9.17, 15) is 13.2 Å². The molecule has 0 amide bonds. The fraction of sp³-hybridized carbons (Fsp3) is 0.400. The first-order valence-corrected chi connectivity index (χ1v) is 6.92. The lowest BCUT2D eigenvalue weighted by molar-refractivity contribution is -0.173. The Balaban J connectivity index is 1.99.